The maximum atomic E-state index is 13.2. The highest BCUT2D eigenvalue weighted by Crippen LogP contribution is 2.29. The fourth-order valence-corrected chi connectivity index (χ4v) is 6.28. The van der Waals surface area contributed by atoms with Gasteiger partial charge < -0.3 is 15.2 Å². The second-order valence-electron chi connectivity index (χ2n) is 9.81. The van der Waals surface area contributed by atoms with Crippen LogP contribution >= 0.6 is 11.6 Å². The van der Waals surface area contributed by atoms with E-state index in [0.717, 1.165) is 19.4 Å². The van der Waals surface area contributed by atoms with Gasteiger partial charge >= 0.3 is 0 Å². The second kappa shape index (κ2) is 10.6. The average Bonchev–Trinajstić information content (AvgIpc) is 2.85. The van der Waals surface area contributed by atoms with Crippen molar-refractivity contribution in [2.75, 3.05) is 38.2 Å². The van der Waals surface area contributed by atoms with E-state index in [1.807, 2.05) is 0 Å². The quantitative estimate of drug-likeness (QED) is 0.572. The predicted molar refractivity (Wildman–Crippen MR) is 134 cm³/mol. The maximum Gasteiger partial charge on any atom is 0.287 e. The fourth-order valence-electron chi connectivity index (χ4n) is 4.56. The van der Waals surface area contributed by atoms with Crippen LogP contribution in [0.5, 0.6) is 0 Å². The number of aromatic nitrogens is 2. The molecule has 1 aromatic heterocycles. The van der Waals surface area contributed by atoms with E-state index in [-0.39, 0.29) is 34.6 Å². The van der Waals surface area contributed by atoms with E-state index in [1.165, 1.54) is 21.1 Å². The van der Waals surface area contributed by atoms with Gasteiger partial charge in [-0.2, -0.15) is 9.40 Å². The summed E-state index contributed by atoms with van der Waals surface area (Å²) in [6.07, 6.45) is 4.55. The van der Waals surface area contributed by atoms with Crippen molar-refractivity contribution < 1.29 is 18.3 Å². The number of anilines is 1. The number of piperidine rings is 1. The van der Waals surface area contributed by atoms with Gasteiger partial charge in [-0.15, -0.1) is 0 Å². The fraction of sp³-hybridized carbons (Fsp3) is 0.583. The van der Waals surface area contributed by atoms with Crippen LogP contribution in [0, 0.1) is 5.92 Å². The van der Waals surface area contributed by atoms with Crippen LogP contribution in [0.1, 0.15) is 51.1 Å². The molecule has 4 rings (SSSR count). The molecule has 2 aliphatic heterocycles. The molecular weight excluding hydrogens is 492 g/mol. The molecule has 1 aromatic carbocycles. The van der Waals surface area contributed by atoms with Crippen molar-refractivity contribution in [3.63, 3.8) is 0 Å². The molecule has 1 unspecified atom stereocenters. The molecule has 2 fully saturated rings. The molecule has 3 heterocycles. The highest BCUT2D eigenvalue weighted by Gasteiger charge is 2.32. The van der Waals surface area contributed by atoms with Gasteiger partial charge in [0.25, 0.3) is 5.56 Å². The van der Waals surface area contributed by atoms with Crippen LogP contribution in [0.15, 0.2) is 40.2 Å². The number of nitrogens with one attached hydrogen (secondary N) is 1. The van der Waals surface area contributed by atoms with E-state index in [0.29, 0.717) is 43.2 Å². The number of aliphatic hydroxyl groups is 1. The maximum absolute atomic E-state index is 13.2. The van der Waals surface area contributed by atoms with E-state index in [9.17, 15) is 18.3 Å². The number of nitrogens with zero attached hydrogens (tertiary/aromatic N) is 3. The summed E-state index contributed by atoms with van der Waals surface area (Å²) >= 11 is 6.37. The molecule has 2 saturated heterocycles. The van der Waals surface area contributed by atoms with Gasteiger partial charge in [0.2, 0.25) is 10.0 Å². The van der Waals surface area contributed by atoms with Crippen molar-refractivity contribution in [3.8, 4) is 0 Å². The largest absolute Gasteiger partial charge is 0.386 e. The third-order valence-electron chi connectivity index (χ3n) is 6.73. The Hall–Kier alpha value is -1.98. The van der Waals surface area contributed by atoms with Crippen molar-refractivity contribution in [2.45, 2.75) is 56.1 Å². The third kappa shape index (κ3) is 5.89. The molecule has 1 atom stereocenters. The number of hydrogen-bond donors (Lipinski definition) is 2. The first kappa shape index (κ1) is 26.1. The minimum Gasteiger partial charge on any atom is -0.386 e. The zero-order valence-corrected chi connectivity index (χ0v) is 21.7. The molecule has 2 aliphatic rings. The monoisotopic (exact) mass is 524 g/mol. The van der Waals surface area contributed by atoms with E-state index in [1.54, 1.807) is 32.2 Å². The third-order valence-corrected chi connectivity index (χ3v) is 8.99. The molecule has 9 nitrogen and oxygen atoms in total. The summed E-state index contributed by atoms with van der Waals surface area (Å²) in [5, 5.41) is 17.9. The number of benzene rings is 1. The van der Waals surface area contributed by atoms with Crippen LogP contribution in [0.2, 0.25) is 5.02 Å². The standard InChI is InChI=1S/C24H33ClN4O5S/c1-24(2,31)18-6-3-7-20(13-18)35(32,33)28-10-8-19(9-11-28)29-23(30)22(25)21(15-27-29)26-14-17-5-4-12-34-16-17/h3,6-7,13,15,17,19,26,31H,4-5,8-12,14,16H2,1-2H3. The summed E-state index contributed by atoms with van der Waals surface area (Å²) in [5.74, 6) is 0.373. The van der Waals surface area contributed by atoms with Crippen molar-refractivity contribution >= 4 is 27.3 Å². The van der Waals surface area contributed by atoms with E-state index < -0.39 is 15.6 Å². The van der Waals surface area contributed by atoms with Gasteiger partial charge in [-0.3, -0.25) is 4.79 Å². The normalized spacial score (nSPS) is 20.6. The van der Waals surface area contributed by atoms with Crippen LogP contribution in [0.25, 0.3) is 0 Å². The lowest BCUT2D eigenvalue weighted by molar-refractivity contribution is 0.0595. The Kier molecular flexibility index (Phi) is 7.87. The molecular formula is C24H33ClN4O5S. The number of hydrogen-bond acceptors (Lipinski definition) is 7. The van der Waals surface area contributed by atoms with Gasteiger partial charge in [0.1, 0.15) is 5.02 Å². The molecule has 0 bridgehead atoms. The van der Waals surface area contributed by atoms with Crippen molar-refractivity contribution in [3.05, 3.63) is 51.4 Å². The Balaban J connectivity index is 1.42. The SMILES string of the molecule is CC(C)(O)c1cccc(S(=O)(=O)N2CCC(n3ncc(NCC4CCCOC4)c(Cl)c3=O)CC2)c1. The molecule has 192 valence electrons. The molecule has 35 heavy (non-hydrogen) atoms. The lowest BCUT2D eigenvalue weighted by Gasteiger charge is -2.32. The first-order valence-electron chi connectivity index (χ1n) is 12.0. The van der Waals surface area contributed by atoms with Crippen LogP contribution in [0.3, 0.4) is 0 Å². The predicted octanol–water partition coefficient (Wildman–Crippen LogP) is 2.99. The van der Waals surface area contributed by atoms with E-state index in [2.05, 4.69) is 10.4 Å². The molecule has 2 N–H and O–H groups in total. The van der Waals surface area contributed by atoms with Gasteiger partial charge in [0.15, 0.2) is 0 Å². The Morgan fingerprint density at radius 3 is 2.66 bits per heavy atom. The number of halogens is 1. The molecule has 0 saturated carbocycles. The highest BCUT2D eigenvalue weighted by atomic mass is 35.5. The summed E-state index contributed by atoms with van der Waals surface area (Å²) in [6, 6.07) is 6.14. The molecule has 0 amide bonds. The van der Waals surface area contributed by atoms with Gasteiger partial charge in [-0.25, -0.2) is 13.1 Å². The van der Waals surface area contributed by atoms with Gasteiger partial charge in [0, 0.05) is 26.2 Å². The molecule has 2 aromatic rings. The smallest absolute Gasteiger partial charge is 0.287 e. The van der Waals surface area contributed by atoms with Crippen LogP contribution in [-0.2, 0) is 20.4 Å². The Morgan fingerprint density at radius 1 is 1.26 bits per heavy atom. The zero-order chi connectivity index (χ0) is 25.2. The zero-order valence-electron chi connectivity index (χ0n) is 20.1. The van der Waals surface area contributed by atoms with Crippen molar-refractivity contribution in [1.82, 2.24) is 14.1 Å². The lowest BCUT2D eigenvalue weighted by atomic mass is 9.99. The van der Waals surface area contributed by atoms with E-state index >= 15 is 0 Å². The van der Waals surface area contributed by atoms with Crippen LogP contribution in [0.4, 0.5) is 5.69 Å². The summed E-state index contributed by atoms with van der Waals surface area (Å²) in [6.45, 7) is 5.90. The lowest BCUT2D eigenvalue weighted by Crippen LogP contribution is -2.41. The minimum atomic E-state index is -3.73. The number of sulfonamides is 1. The van der Waals surface area contributed by atoms with Crippen molar-refractivity contribution in [2.24, 2.45) is 5.92 Å². The number of rotatable bonds is 7. The minimum absolute atomic E-state index is 0.0928. The summed E-state index contributed by atoms with van der Waals surface area (Å²) in [5.41, 5.74) is -0.486. The summed E-state index contributed by atoms with van der Waals surface area (Å²) in [4.78, 5) is 13.1. The summed E-state index contributed by atoms with van der Waals surface area (Å²) < 4.78 is 34.7. The summed E-state index contributed by atoms with van der Waals surface area (Å²) in [7, 11) is -3.73. The molecule has 0 spiro atoms. The first-order valence-corrected chi connectivity index (χ1v) is 13.8. The van der Waals surface area contributed by atoms with Crippen LogP contribution in [-0.4, -0.2) is 60.5 Å². The van der Waals surface area contributed by atoms with Gasteiger partial charge in [0.05, 0.1) is 35.0 Å². The van der Waals surface area contributed by atoms with Gasteiger partial charge in [-0.1, -0.05) is 23.7 Å². The van der Waals surface area contributed by atoms with E-state index in [4.69, 9.17) is 16.3 Å². The average molecular weight is 525 g/mol. The number of ether oxygens (including phenoxy) is 1. The van der Waals surface area contributed by atoms with Gasteiger partial charge in [-0.05, 0) is 63.1 Å². The van der Waals surface area contributed by atoms with Crippen LogP contribution < -0.4 is 10.9 Å². The second-order valence-corrected chi connectivity index (χ2v) is 12.1. The molecule has 0 aliphatic carbocycles. The Labute approximate surface area is 211 Å². The van der Waals surface area contributed by atoms with Crippen molar-refractivity contribution in [1.29, 1.82) is 0 Å². The molecule has 11 heteroatoms. The Morgan fingerprint density at radius 2 is 2.00 bits per heavy atom. The first-order chi connectivity index (χ1) is 16.6. The molecule has 0 radical (unpaired) electrons. The Bertz CT molecular complexity index is 1200. The topological polar surface area (TPSA) is 114 Å². The highest BCUT2D eigenvalue weighted by molar-refractivity contribution is 7.89.